The summed E-state index contributed by atoms with van der Waals surface area (Å²) in [7, 11) is 0. The molecular formula is C39H74O15. The molecule has 0 aromatic carbocycles. The van der Waals surface area contributed by atoms with Gasteiger partial charge in [-0.3, -0.25) is 4.79 Å². The second-order valence-electron chi connectivity index (χ2n) is 11.9. The maximum Gasteiger partial charge on any atom is 0.330 e. The van der Waals surface area contributed by atoms with Gasteiger partial charge in [0.1, 0.15) is 13.2 Å². The molecule has 0 aliphatic heterocycles. The van der Waals surface area contributed by atoms with Gasteiger partial charge in [0.2, 0.25) is 0 Å². The molecule has 0 fully saturated rings. The van der Waals surface area contributed by atoms with Crippen molar-refractivity contribution in [2.75, 3.05) is 159 Å². The van der Waals surface area contributed by atoms with Crippen molar-refractivity contribution in [3.63, 3.8) is 0 Å². The van der Waals surface area contributed by atoms with Gasteiger partial charge < -0.3 is 61.6 Å². The zero-order chi connectivity index (χ0) is 39.1. The maximum absolute atomic E-state index is 11.8. The quantitative estimate of drug-likeness (QED) is 0.0488. The van der Waals surface area contributed by atoms with Crippen LogP contribution in [0.25, 0.3) is 0 Å². The number of hydrogen-bond acceptors (Lipinski definition) is 15. The van der Waals surface area contributed by atoms with Gasteiger partial charge in [-0.05, 0) is 6.42 Å². The monoisotopic (exact) mass is 783 g/mol. The minimum Gasteiger partial charge on any atom is -0.463 e. The Morgan fingerprint density at radius 3 is 0.870 bits per heavy atom. The number of rotatable bonds is 47. The van der Waals surface area contributed by atoms with E-state index in [9.17, 15) is 9.59 Å². The minimum atomic E-state index is -0.462. The van der Waals surface area contributed by atoms with Crippen molar-refractivity contribution >= 4 is 11.9 Å². The highest BCUT2D eigenvalue weighted by Crippen LogP contribution is 2.10. The predicted octanol–water partition coefficient (Wildman–Crippen LogP) is 4.36. The van der Waals surface area contributed by atoms with Crippen LogP contribution in [-0.2, 0) is 71.2 Å². The molecule has 0 heterocycles. The van der Waals surface area contributed by atoms with Crippen LogP contribution < -0.4 is 0 Å². The predicted molar refractivity (Wildman–Crippen MR) is 203 cm³/mol. The van der Waals surface area contributed by atoms with E-state index < -0.39 is 5.97 Å². The Bertz CT molecular complexity index is 774. The smallest absolute Gasteiger partial charge is 0.330 e. The fourth-order valence-electron chi connectivity index (χ4n) is 4.43. The summed E-state index contributed by atoms with van der Waals surface area (Å²) < 4.78 is 69.9. The highest BCUT2D eigenvalue weighted by Gasteiger charge is 2.03. The number of unbranched alkanes of at least 4 members (excludes halogenated alkanes) is 8. The van der Waals surface area contributed by atoms with Crippen LogP contribution in [0.2, 0.25) is 0 Å². The Kier molecular flexibility index (Phi) is 45.8. The SMILES string of the molecule is C=CC(=O)OCCOCCOCCOCCOCCOCCOCCOCCOCCOCCOCCOCCOC(=O)CCCCCCCCCCC. The molecule has 0 amide bonds. The third-order valence-electron chi connectivity index (χ3n) is 7.33. The van der Waals surface area contributed by atoms with Crippen LogP contribution in [0, 0.1) is 0 Å². The Morgan fingerprint density at radius 1 is 0.352 bits per heavy atom. The van der Waals surface area contributed by atoms with E-state index in [2.05, 4.69) is 13.5 Å². The van der Waals surface area contributed by atoms with E-state index in [1.54, 1.807) is 0 Å². The lowest BCUT2D eigenvalue weighted by Crippen LogP contribution is -2.16. The summed E-state index contributed by atoms with van der Waals surface area (Å²) in [6.07, 6.45) is 12.7. The molecule has 0 saturated carbocycles. The van der Waals surface area contributed by atoms with E-state index in [4.69, 9.17) is 61.6 Å². The largest absolute Gasteiger partial charge is 0.463 e. The van der Waals surface area contributed by atoms with Crippen LogP contribution >= 0.6 is 0 Å². The van der Waals surface area contributed by atoms with Crippen LogP contribution in [0.5, 0.6) is 0 Å². The van der Waals surface area contributed by atoms with Crippen molar-refractivity contribution < 1.29 is 71.2 Å². The van der Waals surface area contributed by atoms with Gasteiger partial charge >= 0.3 is 11.9 Å². The average Bonchev–Trinajstić information content (AvgIpc) is 3.18. The van der Waals surface area contributed by atoms with Crippen LogP contribution in [-0.4, -0.2) is 171 Å². The Balaban J connectivity index is 3.12. The Labute approximate surface area is 325 Å². The van der Waals surface area contributed by atoms with Crippen LogP contribution in [0.4, 0.5) is 0 Å². The Hall–Kier alpha value is -1.76. The van der Waals surface area contributed by atoms with E-state index >= 15 is 0 Å². The molecule has 0 atom stereocenters. The summed E-state index contributed by atoms with van der Waals surface area (Å²) in [4.78, 5) is 22.6. The van der Waals surface area contributed by atoms with Gasteiger partial charge in [-0.15, -0.1) is 0 Å². The molecule has 15 nitrogen and oxygen atoms in total. The van der Waals surface area contributed by atoms with Gasteiger partial charge in [0, 0.05) is 12.5 Å². The third kappa shape index (κ3) is 46.4. The van der Waals surface area contributed by atoms with Crippen molar-refractivity contribution in [2.45, 2.75) is 71.1 Å². The minimum absolute atomic E-state index is 0.141. The lowest BCUT2D eigenvalue weighted by Gasteiger charge is -2.09. The average molecular weight is 783 g/mol. The van der Waals surface area contributed by atoms with Gasteiger partial charge in [0.15, 0.2) is 0 Å². The first-order chi connectivity index (χ1) is 26.7. The molecular weight excluding hydrogens is 708 g/mol. The van der Waals surface area contributed by atoms with Gasteiger partial charge in [-0.2, -0.15) is 0 Å². The number of ether oxygens (including phenoxy) is 13. The summed E-state index contributed by atoms with van der Waals surface area (Å²) in [6.45, 7) is 16.2. The van der Waals surface area contributed by atoms with Crippen molar-refractivity contribution in [3.8, 4) is 0 Å². The zero-order valence-electron chi connectivity index (χ0n) is 33.4. The van der Waals surface area contributed by atoms with Gasteiger partial charge in [-0.1, -0.05) is 64.9 Å². The fourth-order valence-corrected chi connectivity index (χ4v) is 4.43. The van der Waals surface area contributed by atoms with Crippen LogP contribution in [0.1, 0.15) is 71.1 Å². The number of carbonyl (C=O) groups is 2. The summed E-state index contributed by atoms with van der Waals surface area (Å²) in [5.41, 5.74) is 0. The van der Waals surface area contributed by atoms with Crippen molar-refractivity contribution in [1.29, 1.82) is 0 Å². The van der Waals surface area contributed by atoms with Crippen molar-refractivity contribution in [2.24, 2.45) is 0 Å². The first-order valence-corrected chi connectivity index (χ1v) is 20.0. The molecule has 0 aliphatic rings. The molecule has 320 valence electrons. The van der Waals surface area contributed by atoms with Crippen LogP contribution in [0.3, 0.4) is 0 Å². The Morgan fingerprint density at radius 2 is 0.593 bits per heavy atom. The molecule has 0 unspecified atom stereocenters. The molecule has 0 spiro atoms. The molecule has 0 radical (unpaired) electrons. The standard InChI is InChI=1S/C39H74O15/c1-3-5-6-7-8-9-10-11-12-13-39(41)54-37-35-52-33-31-50-29-27-48-25-23-46-21-19-44-17-15-42-14-16-43-18-20-45-22-24-47-26-28-49-30-32-51-34-36-53-38(40)4-2/h4H,2-3,5-37H2,1H3. The van der Waals surface area contributed by atoms with Crippen molar-refractivity contribution in [3.05, 3.63) is 12.7 Å². The molecule has 0 aromatic rings. The van der Waals surface area contributed by atoms with E-state index in [0.717, 1.165) is 18.9 Å². The number of carbonyl (C=O) groups excluding carboxylic acids is 2. The number of hydrogen-bond donors (Lipinski definition) is 0. The highest BCUT2D eigenvalue weighted by molar-refractivity contribution is 5.81. The molecule has 54 heavy (non-hydrogen) atoms. The maximum atomic E-state index is 11.8. The first-order valence-electron chi connectivity index (χ1n) is 20.0. The zero-order valence-corrected chi connectivity index (χ0v) is 33.4. The van der Waals surface area contributed by atoms with E-state index in [1.165, 1.54) is 44.9 Å². The molecule has 0 saturated heterocycles. The van der Waals surface area contributed by atoms with Crippen molar-refractivity contribution in [1.82, 2.24) is 0 Å². The summed E-state index contributed by atoms with van der Waals surface area (Å²) in [6, 6.07) is 0. The van der Waals surface area contributed by atoms with Gasteiger partial charge in [0.25, 0.3) is 0 Å². The summed E-state index contributed by atoms with van der Waals surface area (Å²) >= 11 is 0. The lowest BCUT2D eigenvalue weighted by molar-refractivity contribution is -0.145. The summed E-state index contributed by atoms with van der Waals surface area (Å²) in [5.74, 6) is -0.603. The molecule has 15 heteroatoms. The molecule has 0 rings (SSSR count). The molecule has 0 N–H and O–H groups in total. The number of esters is 2. The second-order valence-corrected chi connectivity index (χ2v) is 11.9. The lowest BCUT2D eigenvalue weighted by atomic mass is 10.1. The third-order valence-corrected chi connectivity index (χ3v) is 7.33. The van der Waals surface area contributed by atoms with E-state index in [-0.39, 0.29) is 19.2 Å². The van der Waals surface area contributed by atoms with E-state index in [0.29, 0.717) is 152 Å². The van der Waals surface area contributed by atoms with E-state index in [1.807, 2.05) is 0 Å². The molecule has 0 aliphatic carbocycles. The second kappa shape index (κ2) is 47.4. The van der Waals surface area contributed by atoms with Gasteiger partial charge in [-0.25, -0.2) is 4.79 Å². The normalized spacial score (nSPS) is 11.3. The van der Waals surface area contributed by atoms with Gasteiger partial charge in [0.05, 0.1) is 145 Å². The summed E-state index contributed by atoms with van der Waals surface area (Å²) in [5, 5.41) is 0. The topological polar surface area (TPSA) is 154 Å². The first kappa shape index (κ1) is 52.2. The molecule has 0 bridgehead atoms. The van der Waals surface area contributed by atoms with Crippen LogP contribution in [0.15, 0.2) is 12.7 Å². The molecule has 0 aromatic heterocycles. The fraction of sp³-hybridized carbons (Fsp3) is 0.897. The highest BCUT2D eigenvalue weighted by atomic mass is 16.6.